The van der Waals surface area contributed by atoms with E-state index in [1.165, 1.54) is 0 Å². The first-order valence-electron chi connectivity index (χ1n) is 5.07. The van der Waals surface area contributed by atoms with Crippen LogP contribution >= 0.6 is 27.3 Å². The zero-order valence-corrected chi connectivity index (χ0v) is 11.6. The third-order valence-corrected chi connectivity index (χ3v) is 4.27. The number of nitrogens with two attached hydrogens (primary N) is 1. The number of nitrogens with zero attached hydrogens (tertiary/aromatic N) is 1. The van der Waals surface area contributed by atoms with Crippen molar-refractivity contribution in [3.8, 4) is 10.6 Å². The Labute approximate surface area is 108 Å². The van der Waals surface area contributed by atoms with Crippen molar-refractivity contribution < 1.29 is 0 Å². The Balaban J connectivity index is 2.41. The molecule has 2 N–H and O–H groups in total. The van der Waals surface area contributed by atoms with Crippen LogP contribution in [0.15, 0.2) is 28.7 Å². The lowest BCUT2D eigenvalue weighted by molar-refractivity contribution is 0.825. The van der Waals surface area contributed by atoms with Crippen LogP contribution in [0.25, 0.3) is 10.6 Å². The van der Waals surface area contributed by atoms with Crippen LogP contribution in [0.1, 0.15) is 23.5 Å². The first kappa shape index (κ1) is 11.8. The van der Waals surface area contributed by atoms with Gasteiger partial charge in [-0.2, -0.15) is 0 Å². The van der Waals surface area contributed by atoms with Crippen molar-refractivity contribution in [1.29, 1.82) is 0 Å². The van der Waals surface area contributed by atoms with E-state index in [0.29, 0.717) is 0 Å². The van der Waals surface area contributed by atoms with Crippen LogP contribution in [0.3, 0.4) is 0 Å². The molecule has 0 spiro atoms. The molecule has 0 aliphatic carbocycles. The second kappa shape index (κ2) is 4.65. The second-order valence-electron chi connectivity index (χ2n) is 3.76. The molecule has 0 radical (unpaired) electrons. The summed E-state index contributed by atoms with van der Waals surface area (Å²) in [7, 11) is 0. The summed E-state index contributed by atoms with van der Waals surface area (Å²) in [6, 6.07) is 8.23. The lowest BCUT2D eigenvalue weighted by Gasteiger charge is -1.99. The van der Waals surface area contributed by atoms with Crippen LogP contribution in [0, 0.1) is 6.92 Å². The Morgan fingerprint density at radius 3 is 2.44 bits per heavy atom. The van der Waals surface area contributed by atoms with Gasteiger partial charge in [0.25, 0.3) is 0 Å². The molecule has 0 fully saturated rings. The standard InChI is InChI=1S/C12H13BrN2S/c1-7(14)11-8(2)15-12(16-11)9-3-5-10(13)6-4-9/h3-7H,14H2,1-2H3/t7-/m0/s1. The van der Waals surface area contributed by atoms with Crippen LogP contribution in [0.4, 0.5) is 0 Å². The van der Waals surface area contributed by atoms with Crippen LogP contribution in [0.2, 0.25) is 0 Å². The van der Waals surface area contributed by atoms with Gasteiger partial charge in [-0.3, -0.25) is 0 Å². The van der Waals surface area contributed by atoms with Gasteiger partial charge in [-0.15, -0.1) is 11.3 Å². The number of aromatic nitrogens is 1. The number of hydrogen-bond acceptors (Lipinski definition) is 3. The van der Waals surface area contributed by atoms with Crippen molar-refractivity contribution in [2.45, 2.75) is 19.9 Å². The molecule has 0 saturated heterocycles. The van der Waals surface area contributed by atoms with E-state index in [2.05, 4.69) is 33.0 Å². The fourth-order valence-electron chi connectivity index (χ4n) is 1.55. The van der Waals surface area contributed by atoms with E-state index in [4.69, 9.17) is 5.73 Å². The van der Waals surface area contributed by atoms with Crippen molar-refractivity contribution in [3.63, 3.8) is 0 Å². The van der Waals surface area contributed by atoms with Crippen molar-refractivity contribution in [2.24, 2.45) is 5.73 Å². The van der Waals surface area contributed by atoms with Crippen molar-refractivity contribution in [2.75, 3.05) is 0 Å². The van der Waals surface area contributed by atoms with E-state index in [1.807, 2.05) is 26.0 Å². The van der Waals surface area contributed by atoms with Crippen LogP contribution in [-0.4, -0.2) is 4.98 Å². The Morgan fingerprint density at radius 1 is 1.31 bits per heavy atom. The minimum absolute atomic E-state index is 0.0571. The van der Waals surface area contributed by atoms with E-state index in [9.17, 15) is 0 Å². The van der Waals surface area contributed by atoms with Gasteiger partial charge in [-0.05, 0) is 26.0 Å². The molecule has 2 aromatic rings. The molecule has 1 atom stereocenters. The van der Waals surface area contributed by atoms with E-state index in [0.717, 1.165) is 25.6 Å². The van der Waals surface area contributed by atoms with Crippen LogP contribution < -0.4 is 5.73 Å². The summed E-state index contributed by atoms with van der Waals surface area (Å²) in [5.74, 6) is 0. The Morgan fingerprint density at radius 2 is 1.94 bits per heavy atom. The van der Waals surface area contributed by atoms with E-state index in [-0.39, 0.29) is 6.04 Å². The number of benzene rings is 1. The molecule has 2 nitrogen and oxygen atoms in total. The van der Waals surface area contributed by atoms with Gasteiger partial charge in [0.1, 0.15) is 5.01 Å². The SMILES string of the molecule is Cc1nc(-c2ccc(Br)cc2)sc1[C@H](C)N. The molecule has 0 saturated carbocycles. The molecule has 1 heterocycles. The van der Waals surface area contributed by atoms with Crippen LogP contribution in [0.5, 0.6) is 0 Å². The molecule has 0 aliphatic heterocycles. The minimum Gasteiger partial charge on any atom is -0.323 e. The third kappa shape index (κ3) is 2.34. The highest BCUT2D eigenvalue weighted by atomic mass is 79.9. The third-order valence-electron chi connectivity index (χ3n) is 2.34. The second-order valence-corrected chi connectivity index (χ2v) is 5.71. The summed E-state index contributed by atoms with van der Waals surface area (Å²) < 4.78 is 1.08. The fourth-order valence-corrected chi connectivity index (χ4v) is 2.84. The summed E-state index contributed by atoms with van der Waals surface area (Å²) in [5.41, 5.74) is 8.07. The molecule has 1 aromatic heterocycles. The minimum atomic E-state index is 0.0571. The molecule has 0 unspecified atom stereocenters. The highest BCUT2D eigenvalue weighted by molar-refractivity contribution is 9.10. The smallest absolute Gasteiger partial charge is 0.123 e. The lowest BCUT2D eigenvalue weighted by Crippen LogP contribution is -2.03. The first-order valence-corrected chi connectivity index (χ1v) is 6.67. The monoisotopic (exact) mass is 296 g/mol. The topological polar surface area (TPSA) is 38.9 Å². The van der Waals surface area contributed by atoms with Crippen molar-refractivity contribution >= 4 is 27.3 Å². The first-order chi connectivity index (χ1) is 7.58. The largest absolute Gasteiger partial charge is 0.323 e. The molecule has 84 valence electrons. The molecular formula is C12H13BrN2S. The molecule has 1 aromatic carbocycles. The van der Waals surface area contributed by atoms with E-state index >= 15 is 0 Å². The predicted octanol–water partition coefficient (Wildman–Crippen LogP) is 3.90. The van der Waals surface area contributed by atoms with Gasteiger partial charge < -0.3 is 5.73 Å². The van der Waals surface area contributed by atoms with Crippen LogP contribution in [-0.2, 0) is 0 Å². The summed E-state index contributed by atoms with van der Waals surface area (Å²) >= 11 is 5.10. The number of halogens is 1. The molecule has 0 bridgehead atoms. The Kier molecular flexibility index (Phi) is 3.42. The summed E-state index contributed by atoms with van der Waals surface area (Å²) in [4.78, 5) is 5.72. The number of hydrogen-bond donors (Lipinski definition) is 1. The zero-order valence-electron chi connectivity index (χ0n) is 9.20. The average Bonchev–Trinajstić information content (AvgIpc) is 2.61. The van der Waals surface area contributed by atoms with Gasteiger partial charge in [-0.1, -0.05) is 28.1 Å². The molecule has 4 heteroatoms. The maximum Gasteiger partial charge on any atom is 0.123 e. The highest BCUT2D eigenvalue weighted by Crippen LogP contribution is 2.31. The molecule has 2 rings (SSSR count). The highest BCUT2D eigenvalue weighted by Gasteiger charge is 2.11. The molecule has 16 heavy (non-hydrogen) atoms. The molecule has 0 amide bonds. The summed E-state index contributed by atoms with van der Waals surface area (Å²) in [6.07, 6.45) is 0. The van der Waals surface area contributed by atoms with Gasteiger partial charge in [0.2, 0.25) is 0 Å². The Hall–Kier alpha value is -0.710. The Bertz CT molecular complexity index is 488. The molecular weight excluding hydrogens is 284 g/mol. The summed E-state index contributed by atoms with van der Waals surface area (Å²) in [5, 5.41) is 1.04. The van der Waals surface area contributed by atoms with Gasteiger partial charge in [-0.25, -0.2) is 4.98 Å². The number of aryl methyl sites for hydroxylation is 1. The fraction of sp³-hybridized carbons (Fsp3) is 0.250. The normalized spacial score (nSPS) is 12.8. The summed E-state index contributed by atoms with van der Waals surface area (Å²) in [6.45, 7) is 4.00. The zero-order chi connectivity index (χ0) is 11.7. The lowest BCUT2D eigenvalue weighted by atomic mass is 10.2. The van der Waals surface area contributed by atoms with Gasteiger partial charge >= 0.3 is 0 Å². The van der Waals surface area contributed by atoms with Crippen molar-refractivity contribution in [1.82, 2.24) is 4.98 Å². The average molecular weight is 297 g/mol. The van der Waals surface area contributed by atoms with E-state index in [1.54, 1.807) is 11.3 Å². The quantitative estimate of drug-likeness (QED) is 0.913. The maximum absolute atomic E-state index is 5.89. The van der Waals surface area contributed by atoms with Crippen molar-refractivity contribution in [3.05, 3.63) is 39.3 Å². The van der Waals surface area contributed by atoms with Gasteiger partial charge in [0.05, 0.1) is 5.69 Å². The maximum atomic E-state index is 5.89. The van der Waals surface area contributed by atoms with Gasteiger partial charge in [0.15, 0.2) is 0 Å². The molecule has 0 aliphatic rings. The number of thiazole rings is 1. The number of rotatable bonds is 2. The van der Waals surface area contributed by atoms with Gasteiger partial charge in [0, 0.05) is 21.0 Å². The van der Waals surface area contributed by atoms with E-state index < -0.39 is 0 Å². The predicted molar refractivity (Wildman–Crippen MR) is 72.6 cm³/mol.